The average molecular weight is 446 g/mol. The second-order valence-electron chi connectivity index (χ2n) is 8.34. The van der Waals surface area contributed by atoms with Crippen molar-refractivity contribution in [2.24, 2.45) is 0 Å². The van der Waals surface area contributed by atoms with Crippen molar-refractivity contribution < 1.29 is 14.7 Å². The fourth-order valence-corrected chi connectivity index (χ4v) is 4.37. The number of likely N-dealkylation sites (N-methyl/N-ethyl adjacent to an activating group) is 1. The molecule has 0 aliphatic carbocycles. The molecule has 6 heteroatoms. The van der Waals surface area contributed by atoms with Gasteiger partial charge in [0, 0.05) is 30.1 Å². The normalized spacial score (nSPS) is 16.3. The maximum atomic E-state index is 11.6. The zero-order chi connectivity index (χ0) is 23.0. The first-order chi connectivity index (χ1) is 16.2. The van der Waals surface area contributed by atoms with Crippen molar-refractivity contribution in [2.75, 3.05) is 32.8 Å². The molecule has 3 aromatic rings. The second-order valence-corrected chi connectivity index (χ2v) is 8.34. The predicted octanol–water partition coefficient (Wildman–Crippen LogP) is 4.11. The minimum atomic E-state index is -0.518. The molecule has 1 heterocycles. The maximum absolute atomic E-state index is 11.6. The third-order valence-electron chi connectivity index (χ3n) is 6.17. The van der Waals surface area contributed by atoms with Gasteiger partial charge in [0.05, 0.1) is 0 Å². The lowest BCUT2D eigenvalue weighted by Crippen LogP contribution is -2.38. The highest BCUT2D eigenvalue weighted by atomic mass is 16.5. The van der Waals surface area contributed by atoms with E-state index in [1.807, 2.05) is 36.4 Å². The Morgan fingerprint density at radius 3 is 2.67 bits per heavy atom. The lowest BCUT2D eigenvalue weighted by atomic mass is 10.1. The Hall–Kier alpha value is -3.19. The van der Waals surface area contributed by atoms with Gasteiger partial charge in [-0.25, -0.2) is 5.48 Å². The Morgan fingerprint density at radius 1 is 1.15 bits per heavy atom. The van der Waals surface area contributed by atoms with Crippen LogP contribution in [-0.4, -0.2) is 54.8 Å². The van der Waals surface area contributed by atoms with Gasteiger partial charge < -0.3 is 10.1 Å². The van der Waals surface area contributed by atoms with Gasteiger partial charge in [-0.3, -0.25) is 14.9 Å². The summed E-state index contributed by atoms with van der Waals surface area (Å²) < 4.78 is 6.33. The van der Waals surface area contributed by atoms with E-state index in [4.69, 9.17) is 9.94 Å². The summed E-state index contributed by atoms with van der Waals surface area (Å²) in [6, 6.07) is 22.1. The number of hydrogen-bond acceptors (Lipinski definition) is 5. The van der Waals surface area contributed by atoms with Gasteiger partial charge >= 0.3 is 0 Å². The molecular weight excluding hydrogens is 414 g/mol. The number of fused-ring (bicyclic) bond motifs is 1. The van der Waals surface area contributed by atoms with E-state index in [1.165, 1.54) is 0 Å². The van der Waals surface area contributed by atoms with E-state index in [0.717, 1.165) is 60.3 Å². The summed E-state index contributed by atoms with van der Waals surface area (Å²) in [5, 5.41) is 14.6. The molecule has 0 radical (unpaired) electrons. The molecule has 1 aliphatic heterocycles. The lowest BCUT2D eigenvalue weighted by Gasteiger charge is -2.28. The van der Waals surface area contributed by atoms with Crippen molar-refractivity contribution >= 4 is 22.8 Å². The summed E-state index contributed by atoms with van der Waals surface area (Å²) in [4.78, 5) is 14.1. The van der Waals surface area contributed by atoms with Crippen molar-refractivity contribution in [3.63, 3.8) is 0 Å². The first-order valence-corrected chi connectivity index (χ1v) is 11.5. The highest BCUT2D eigenvalue weighted by Crippen LogP contribution is 2.26. The predicted molar refractivity (Wildman–Crippen MR) is 132 cm³/mol. The molecule has 4 rings (SSSR count). The number of ether oxygens (including phenoxy) is 1. The SMILES string of the molecule is CCN(C/C(=C\c1ccc(C(=O)NO)cc1)COc1cccc2ccccc12)C1CCNC1. The van der Waals surface area contributed by atoms with E-state index in [9.17, 15) is 4.79 Å². The molecule has 6 nitrogen and oxygen atoms in total. The van der Waals surface area contributed by atoms with Gasteiger partial charge in [-0.1, -0.05) is 61.5 Å². The quantitative estimate of drug-likeness (QED) is 0.342. The van der Waals surface area contributed by atoms with Crippen LogP contribution in [0, 0.1) is 0 Å². The van der Waals surface area contributed by atoms with E-state index in [1.54, 1.807) is 17.6 Å². The molecule has 3 aromatic carbocycles. The van der Waals surface area contributed by atoms with Crippen molar-refractivity contribution in [3.8, 4) is 5.75 Å². The topological polar surface area (TPSA) is 73.8 Å². The summed E-state index contributed by atoms with van der Waals surface area (Å²) in [6.45, 7) is 6.52. The molecule has 1 fully saturated rings. The zero-order valence-electron chi connectivity index (χ0n) is 19.0. The number of carbonyl (C=O) groups excluding carboxylic acids is 1. The molecular formula is C27H31N3O3. The maximum Gasteiger partial charge on any atom is 0.274 e. The third kappa shape index (κ3) is 5.79. The van der Waals surface area contributed by atoms with Crippen molar-refractivity contribution in [3.05, 3.63) is 83.4 Å². The number of nitrogens with one attached hydrogen (secondary N) is 2. The summed E-state index contributed by atoms with van der Waals surface area (Å²) in [6.07, 6.45) is 3.28. The number of hydroxylamine groups is 1. The molecule has 0 aromatic heterocycles. The van der Waals surface area contributed by atoms with Crippen LogP contribution in [0.5, 0.6) is 5.75 Å². The average Bonchev–Trinajstić information content (AvgIpc) is 3.40. The Morgan fingerprint density at radius 2 is 1.94 bits per heavy atom. The standard InChI is InChI=1S/C27H31N3O3/c1-2-30(24-14-15-28-17-24)18-21(16-20-10-12-23(13-11-20)27(31)29-32)19-33-26-9-5-7-22-6-3-4-8-25(22)26/h3-13,16,24,28,32H,2,14-15,17-19H2,1H3,(H,29,31)/b21-16+. The minimum absolute atomic E-state index is 0.412. The smallest absolute Gasteiger partial charge is 0.274 e. The number of carbonyl (C=O) groups is 1. The second kappa shape index (κ2) is 11.1. The first-order valence-electron chi connectivity index (χ1n) is 11.5. The molecule has 1 saturated heterocycles. The molecule has 1 unspecified atom stereocenters. The monoisotopic (exact) mass is 445 g/mol. The number of hydrogen-bond donors (Lipinski definition) is 3. The van der Waals surface area contributed by atoms with E-state index in [2.05, 4.69) is 41.4 Å². The fraction of sp³-hybridized carbons (Fsp3) is 0.296. The molecule has 0 bridgehead atoms. The Kier molecular flexibility index (Phi) is 7.73. The van der Waals surface area contributed by atoms with Gasteiger partial charge in [0.15, 0.2) is 0 Å². The summed E-state index contributed by atoms with van der Waals surface area (Å²) in [5.74, 6) is 0.357. The van der Waals surface area contributed by atoms with E-state index >= 15 is 0 Å². The number of rotatable bonds is 9. The van der Waals surface area contributed by atoms with Crippen LogP contribution in [-0.2, 0) is 0 Å². The molecule has 1 amide bonds. The van der Waals surface area contributed by atoms with Crippen LogP contribution < -0.4 is 15.5 Å². The lowest BCUT2D eigenvalue weighted by molar-refractivity contribution is 0.0706. The molecule has 1 aliphatic rings. The van der Waals surface area contributed by atoms with Crippen LogP contribution in [0.25, 0.3) is 16.8 Å². The largest absolute Gasteiger partial charge is 0.489 e. The molecule has 1 atom stereocenters. The highest BCUT2D eigenvalue weighted by molar-refractivity contribution is 5.93. The van der Waals surface area contributed by atoms with Gasteiger partial charge in [-0.05, 0) is 54.2 Å². The Balaban J connectivity index is 1.57. The molecule has 33 heavy (non-hydrogen) atoms. The van der Waals surface area contributed by atoms with Crippen LogP contribution in [0.2, 0.25) is 0 Å². The van der Waals surface area contributed by atoms with Crippen molar-refractivity contribution in [2.45, 2.75) is 19.4 Å². The Labute approximate surface area is 194 Å². The van der Waals surface area contributed by atoms with E-state index in [0.29, 0.717) is 18.2 Å². The van der Waals surface area contributed by atoms with Crippen molar-refractivity contribution in [1.29, 1.82) is 0 Å². The highest BCUT2D eigenvalue weighted by Gasteiger charge is 2.22. The summed E-state index contributed by atoms with van der Waals surface area (Å²) >= 11 is 0. The molecule has 0 spiro atoms. The van der Waals surface area contributed by atoms with Gasteiger partial charge in [0.2, 0.25) is 0 Å². The van der Waals surface area contributed by atoms with Crippen molar-refractivity contribution in [1.82, 2.24) is 15.7 Å². The van der Waals surface area contributed by atoms with E-state index < -0.39 is 5.91 Å². The van der Waals surface area contributed by atoms with Crippen LogP contribution in [0.3, 0.4) is 0 Å². The van der Waals surface area contributed by atoms with Gasteiger partial charge in [-0.2, -0.15) is 0 Å². The van der Waals surface area contributed by atoms with Crippen LogP contribution >= 0.6 is 0 Å². The van der Waals surface area contributed by atoms with Gasteiger partial charge in [0.1, 0.15) is 12.4 Å². The third-order valence-corrected chi connectivity index (χ3v) is 6.17. The molecule has 0 saturated carbocycles. The van der Waals surface area contributed by atoms with Crippen LogP contribution in [0.4, 0.5) is 0 Å². The summed E-state index contributed by atoms with van der Waals surface area (Å²) in [7, 11) is 0. The Bertz CT molecular complexity index is 1100. The van der Waals surface area contributed by atoms with Gasteiger partial charge in [0.25, 0.3) is 5.91 Å². The molecule has 172 valence electrons. The zero-order valence-corrected chi connectivity index (χ0v) is 19.0. The first kappa shape index (κ1) is 23.0. The number of amides is 1. The van der Waals surface area contributed by atoms with Crippen LogP contribution in [0.15, 0.2) is 72.3 Å². The summed E-state index contributed by atoms with van der Waals surface area (Å²) in [5.41, 5.74) is 4.24. The fourth-order valence-electron chi connectivity index (χ4n) is 4.37. The number of nitrogens with zero attached hydrogens (tertiary/aromatic N) is 1. The number of benzene rings is 3. The van der Waals surface area contributed by atoms with Crippen LogP contribution in [0.1, 0.15) is 29.3 Å². The minimum Gasteiger partial charge on any atom is -0.489 e. The molecule has 3 N–H and O–H groups in total. The van der Waals surface area contributed by atoms with Gasteiger partial charge in [-0.15, -0.1) is 0 Å². The van der Waals surface area contributed by atoms with E-state index in [-0.39, 0.29) is 0 Å².